The van der Waals surface area contributed by atoms with Crippen LogP contribution >= 0.6 is 0 Å². The molecule has 166 valence electrons. The summed E-state index contributed by atoms with van der Waals surface area (Å²) in [6.45, 7) is 2.75. The Morgan fingerprint density at radius 1 is 1.23 bits per heavy atom. The molecule has 0 radical (unpaired) electrons. The van der Waals surface area contributed by atoms with E-state index in [0.29, 0.717) is 42.2 Å². The van der Waals surface area contributed by atoms with E-state index in [1.165, 1.54) is 0 Å². The topological polar surface area (TPSA) is 83.1 Å². The van der Waals surface area contributed by atoms with Gasteiger partial charge in [0.2, 0.25) is 0 Å². The molecule has 7 nitrogen and oxygen atoms in total. The highest BCUT2D eigenvalue weighted by atomic mass is 16.6. The number of ether oxygens (including phenoxy) is 4. The molecule has 7 heteroatoms. The lowest BCUT2D eigenvalue weighted by Gasteiger charge is -2.38. The first-order valence-corrected chi connectivity index (χ1v) is 10.7. The number of rotatable bonds is 6. The molecule has 1 aliphatic carbocycles. The van der Waals surface area contributed by atoms with Crippen molar-refractivity contribution in [3.05, 3.63) is 46.8 Å². The van der Waals surface area contributed by atoms with E-state index in [0.717, 1.165) is 24.1 Å². The van der Waals surface area contributed by atoms with Crippen LogP contribution in [0, 0.1) is 5.92 Å². The Balaban J connectivity index is 1.77. The molecule has 2 aliphatic heterocycles. The van der Waals surface area contributed by atoms with Gasteiger partial charge in [0, 0.05) is 35.9 Å². The first-order valence-electron chi connectivity index (χ1n) is 10.7. The third-order valence-electron chi connectivity index (χ3n) is 6.23. The number of carbonyl (C=O) groups is 2. The van der Waals surface area contributed by atoms with Crippen molar-refractivity contribution in [2.24, 2.45) is 5.92 Å². The van der Waals surface area contributed by atoms with Gasteiger partial charge in [-0.05, 0) is 32.3 Å². The molecule has 1 N–H and O–H groups in total. The van der Waals surface area contributed by atoms with E-state index in [-0.39, 0.29) is 18.5 Å². The predicted molar refractivity (Wildman–Crippen MR) is 114 cm³/mol. The highest BCUT2D eigenvalue weighted by molar-refractivity contribution is 5.96. The quantitative estimate of drug-likeness (QED) is 0.698. The van der Waals surface area contributed by atoms with E-state index in [1.807, 2.05) is 25.1 Å². The zero-order chi connectivity index (χ0) is 22.0. The number of hydrogen-bond donors (Lipinski definition) is 1. The molecule has 2 heterocycles. The number of carbonyl (C=O) groups excluding carboxylic acids is 2. The van der Waals surface area contributed by atoms with Crippen LogP contribution in [-0.2, 0) is 19.1 Å². The molecule has 0 bridgehead atoms. The monoisotopic (exact) mass is 427 g/mol. The Morgan fingerprint density at radius 2 is 2.06 bits per heavy atom. The second-order valence-corrected chi connectivity index (χ2v) is 8.10. The van der Waals surface area contributed by atoms with E-state index in [4.69, 9.17) is 18.9 Å². The highest BCUT2D eigenvalue weighted by Gasteiger charge is 2.45. The third-order valence-corrected chi connectivity index (χ3v) is 6.23. The van der Waals surface area contributed by atoms with Crippen LogP contribution in [-0.4, -0.2) is 45.3 Å². The van der Waals surface area contributed by atoms with E-state index in [1.54, 1.807) is 20.3 Å². The average molecular weight is 427 g/mol. The molecule has 3 atom stereocenters. The molecule has 0 saturated carbocycles. The van der Waals surface area contributed by atoms with Crippen LogP contribution in [0.4, 0.5) is 0 Å². The van der Waals surface area contributed by atoms with E-state index < -0.39 is 17.8 Å². The lowest BCUT2D eigenvalue weighted by molar-refractivity contribution is -0.143. The summed E-state index contributed by atoms with van der Waals surface area (Å²) in [7, 11) is 3.13. The fourth-order valence-electron chi connectivity index (χ4n) is 4.80. The molecule has 1 saturated heterocycles. The largest absolute Gasteiger partial charge is 0.493 e. The molecule has 1 aromatic rings. The number of ketones is 1. The Kier molecular flexibility index (Phi) is 6.32. The number of fused-ring (bicyclic) bond motifs is 1. The van der Waals surface area contributed by atoms with Gasteiger partial charge >= 0.3 is 5.97 Å². The van der Waals surface area contributed by atoms with Gasteiger partial charge in [-0.25, -0.2) is 4.79 Å². The number of para-hydroxylation sites is 1. The van der Waals surface area contributed by atoms with Crippen molar-refractivity contribution in [1.29, 1.82) is 0 Å². The summed E-state index contributed by atoms with van der Waals surface area (Å²) in [4.78, 5) is 26.4. The molecule has 4 rings (SSSR count). The maximum Gasteiger partial charge on any atom is 0.336 e. The number of allylic oxidation sites excluding steroid dienone is 3. The summed E-state index contributed by atoms with van der Waals surface area (Å²) in [5.74, 6) is -0.292. The number of benzene rings is 1. The minimum absolute atomic E-state index is 0.0713. The lowest BCUT2D eigenvalue weighted by atomic mass is 9.70. The Labute approximate surface area is 182 Å². The van der Waals surface area contributed by atoms with Gasteiger partial charge in [0.1, 0.15) is 12.4 Å². The molecule has 31 heavy (non-hydrogen) atoms. The van der Waals surface area contributed by atoms with Crippen molar-refractivity contribution < 1.29 is 28.5 Å². The highest BCUT2D eigenvalue weighted by Crippen LogP contribution is 2.48. The molecule has 1 fully saturated rings. The summed E-state index contributed by atoms with van der Waals surface area (Å²) in [5.41, 5.74) is 2.70. The predicted octanol–water partition coefficient (Wildman–Crippen LogP) is 3.25. The minimum atomic E-state index is -0.526. The van der Waals surface area contributed by atoms with E-state index in [9.17, 15) is 9.59 Å². The molecular formula is C24H29NO6. The Hall–Kier alpha value is -2.80. The number of esters is 1. The van der Waals surface area contributed by atoms with Crippen molar-refractivity contribution >= 4 is 11.8 Å². The van der Waals surface area contributed by atoms with Crippen LogP contribution in [0.2, 0.25) is 0 Å². The summed E-state index contributed by atoms with van der Waals surface area (Å²) >= 11 is 0. The number of nitrogens with one attached hydrogen (secondary N) is 1. The minimum Gasteiger partial charge on any atom is -0.493 e. The fraction of sp³-hybridized carbons (Fsp3) is 0.500. The second kappa shape index (κ2) is 9.14. The van der Waals surface area contributed by atoms with Crippen LogP contribution in [0.1, 0.15) is 44.1 Å². The molecular weight excluding hydrogens is 398 g/mol. The zero-order valence-corrected chi connectivity index (χ0v) is 18.2. The normalized spacial score (nSPS) is 25.5. The summed E-state index contributed by atoms with van der Waals surface area (Å²) in [5, 5.41) is 3.29. The summed E-state index contributed by atoms with van der Waals surface area (Å²) < 4.78 is 22.4. The first-order chi connectivity index (χ1) is 15.0. The zero-order valence-electron chi connectivity index (χ0n) is 18.2. The maximum absolute atomic E-state index is 13.3. The van der Waals surface area contributed by atoms with Crippen molar-refractivity contribution in [3.8, 4) is 11.5 Å². The smallest absolute Gasteiger partial charge is 0.336 e. The SMILES string of the molecule is COc1cccc(C2C(C(=O)OCC3CCCO3)=C(C)NC3=CCCC(=O)C32)c1OC. The van der Waals surface area contributed by atoms with Gasteiger partial charge in [-0.1, -0.05) is 18.2 Å². The molecule has 0 spiro atoms. The van der Waals surface area contributed by atoms with Crippen LogP contribution in [0.25, 0.3) is 0 Å². The van der Waals surface area contributed by atoms with Gasteiger partial charge in [0.15, 0.2) is 11.5 Å². The number of methoxy groups -OCH3 is 2. The van der Waals surface area contributed by atoms with Gasteiger partial charge in [-0.2, -0.15) is 0 Å². The Morgan fingerprint density at radius 3 is 2.77 bits per heavy atom. The van der Waals surface area contributed by atoms with Crippen molar-refractivity contribution in [2.45, 2.75) is 44.6 Å². The van der Waals surface area contributed by atoms with Crippen molar-refractivity contribution in [1.82, 2.24) is 5.32 Å². The van der Waals surface area contributed by atoms with E-state index >= 15 is 0 Å². The summed E-state index contributed by atoms with van der Waals surface area (Å²) in [6, 6.07) is 5.53. The van der Waals surface area contributed by atoms with Crippen molar-refractivity contribution in [2.75, 3.05) is 27.4 Å². The van der Waals surface area contributed by atoms with E-state index in [2.05, 4.69) is 5.32 Å². The van der Waals surface area contributed by atoms with Gasteiger partial charge in [0.25, 0.3) is 0 Å². The van der Waals surface area contributed by atoms with Gasteiger partial charge in [-0.3, -0.25) is 4.79 Å². The number of Topliss-reactive ketones (excluding diaryl/α,β-unsaturated/α-hetero) is 1. The average Bonchev–Trinajstić information content (AvgIpc) is 3.29. The molecule has 1 aromatic carbocycles. The lowest BCUT2D eigenvalue weighted by Crippen LogP contribution is -2.41. The van der Waals surface area contributed by atoms with Crippen LogP contribution in [0.3, 0.4) is 0 Å². The molecule has 0 aromatic heterocycles. The van der Waals surface area contributed by atoms with Crippen molar-refractivity contribution in [3.63, 3.8) is 0 Å². The fourth-order valence-corrected chi connectivity index (χ4v) is 4.80. The van der Waals surface area contributed by atoms with Crippen LogP contribution in [0.5, 0.6) is 11.5 Å². The second-order valence-electron chi connectivity index (χ2n) is 8.10. The van der Waals surface area contributed by atoms with Gasteiger partial charge < -0.3 is 24.3 Å². The standard InChI is InChI=1S/C24H29NO6/c1-14-20(24(27)31-13-15-7-6-12-30-15)21(22-17(25-14)9-5-10-18(22)26)16-8-4-11-19(28-2)23(16)29-3/h4,8-9,11,15,21-22,25H,5-7,10,12-13H2,1-3H3. The van der Waals surface area contributed by atoms with Crippen LogP contribution < -0.4 is 14.8 Å². The van der Waals surface area contributed by atoms with Gasteiger partial charge in [0.05, 0.1) is 31.8 Å². The third kappa shape index (κ3) is 4.06. The first kappa shape index (κ1) is 21.4. The number of hydrogen-bond acceptors (Lipinski definition) is 7. The van der Waals surface area contributed by atoms with Crippen LogP contribution in [0.15, 0.2) is 41.2 Å². The molecule has 3 unspecified atom stereocenters. The summed E-state index contributed by atoms with van der Waals surface area (Å²) in [6.07, 6.45) is 4.95. The molecule has 0 amide bonds. The molecule has 3 aliphatic rings. The Bertz CT molecular complexity index is 928. The maximum atomic E-state index is 13.3. The van der Waals surface area contributed by atoms with Gasteiger partial charge in [-0.15, -0.1) is 0 Å².